The van der Waals surface area contributed by atoms with Crippen LogP contribution < -0.4 is 4.74 Å². The summed E-state index contributed by atoms with van der Waals surface area (Å²) in [5.74, 6) is -0.805. The van der Waals surface area contributed by atoms with Gasteiger partial charge >= 0.3 is 5.97 Å². The highest BCUT2D eigenvalue weighted by atomic mass is 32.2. The lowest BCUT2D eigenvalue weighted by molar-refractivity contribution is -0.159. The van der Waals surface area contributed by atoms with Gasteiger partial charge in [0.05, 0.1) is 13.7 Å². The molecule has 2 heterocycles. The lowest BCUT2D eigenvalue weighted by atomic mass is 9.76. The predicted molar refractivity (Wildman–Crippen MR) is 99.6 cm³/mol. The van der Waals surface area contributed by atoms with Crippen LogP contribution in [0.5, 0.6) is 5.75 Å². The van der Waals surface area contributed by atoms with E-state index in [-0.39, 0.29) is 42.2 Å². The van der Waals surface area contributed by atoms with Gasteiger partial charge in [0.2, 0.25) is 10.0 Å². The number of carboxylic acids is 1. The standard InChI is InChI=1S/C19H27NO6S/c1-12(2)15-8-17(16(25-4)7-13(15)3)27(23,24)20-9-14-5-6-26-11-19(14,10-20)18(21)22/h7-8,12,14H,5-6,9-11H2,1-4H3,(H,21,22)/t14-,19+/m0/s1. The van der Waals surface area contributed by atoms with Gasteiger partial charge in [-0.2, -0.15) is 4.31 Å². The van der Waals surface area contributed by atoms with Gasteiger partial charge in [0.15, 0.2) is 0 Å². The van der Waals surface area contributed by atoms with E-state index in [1.807, 2.05) is 20.8 Å². The maximum Gasteiger partial charge on any atom is 0.313 e. The van der Waals surface area contributed by atoms with Crippen molar-refractivity contribution < 1.29 is 27.8 Å². The van der Waals surface area contributed by atoms with E-state index < -0.39 is 21.4 Å². The average Bonchev–Trinajstić information content (AvgIpc) is 3.02. The molecule has 0 saturated carbocycles. The summed E-state index contributed by atoms with van der Waals surface area (Å²) < 4.78 is 38.9. The summed E-state index contributed by atoms with van der Waals surface area (Å²) in [5, 5.41) is 9.78. The minimum Gasteiger partial charge on any atom is -0.495 e. The zero-order valence-electron chi connectivity index (χ0n) is 16.2. The normalized spacial score (nSPS) is 26.2. The molecular weight excluding hydrogens is 370 g/mol. The van der Waals surface area contributed by atoms with Crippen molar-refractivity contribution in [2.24, 2.45) is 11.3 Å². The first kappa shape index (κ1) is 20.1. The molecule has 3 rings (SSSR count). The first-order valence-corrected chi connectivity index (χ1v) is 10.6. The SMILES string of the molecule is COc1cc(C)c(C(C)C)cc1S(=O)(=O)N1C[C@@H]2CCOC[C@]2(C(=O)O)C1. The molecule has 0 aromatic heterocycles. The van der Waals surface area contributed by atoms with Crippen LogP contribution >= 0.6 is 0 Å². The third-order valence-electron chi connectivity index (χ3n) is 5.85. The van der Waals surface area contributed by atoms with Crippen LogP contribution in [0.4, 0.5) is 0 Å². The van der Waals surface area contributed by atoms with Crippen LogP contribution in [0, 0.1) is 18.3 Å². The summed E-state index contributed by atoms with van der Waals surface area (Å²) in [5.41, 5.74) is 0.720. The van der Waals surface area contributed by atoms with Crippen LogP contribution in [-0.2, 0) is 19.6 Å². The average molecular weight is 397 g/mol. The van der Waals surface area contributed by atoms with Gasteiger partial charge < -0.3 is 14.6 Å². The maximum absolute atomic E-state index is 13.4. The number of nitrogens with zero attached hydrogens (tertiary/aromatic N) is 1. The zero-order valence-corrected chi connectivity index (χ0v) is 17.0. The number of aliphatic carboxylic acids is 1. The Kier molecular flexibility index (Phi) is 5.26. The summed E-state index contributed by atoms with van der Waals surface area (Å²) in [6.45, 7) is 6.55. The Hall–Kier alpha value is -1.64. The number of sulfonamides is 1. The second-order valence-corrected chi connectivity index (χ2v) is 9.72. The van der Waals surface area contributed by atoms with E-state index in [4.69, 9.17) is 9.47 Å². The number of benzene rings is 1. The number of methoxy groups -OCH3 is 1. The highest BCUT2D eigenvalue weighted by molar-refractivity contribution is 7.89. The lowest BCUT2D eigenvalue weighted by Gasteiger charge is -2.34. The van der Waals surface area contributed by atoms with Crippen LogP contribution in [0.1, 0.15) is 37.3 Å². The van der Waals surface area contributed by atoms with E-state index in [2.05, 4.69) is 0 Å². The monoisotopic (exact) mass is 397 g/mol. The van der Waals surface area contributed by atoms with E-state index in [1.54, 1.807) is 12.1 Å². The molecule has 1 aromatic carbocycles. The molecule has 1 N–H and O–H groups in total. The van der Waals surface area contributed by atoms with E-state index >= 15 is 0 Å². The zero-order chi connectivity index (χ0) is 20.0. The first-order valence-electron chi connectivity index (χ1n) is 9.13. The second kappa shape index (κ2) is 7.07. The van der Waals surface area contributed by atoms with Crippen LogP contribution in [-0.4, -0.2) is 57.2 Å². The number of hydrogen-bond donors (Lipinski definition) is 1. The molecule has 2 aliphatic rings. The Morgan fingerprint density at radius 1 is 1.41 bits per heavy atom. The highest BCUT2D eigenvalue weighted by Gasteiger charge is 2.56. The molecule has 8 heteroatoms. The number of ether oxygens (including phenoxy) is 2. The summed E-state index contributed by atoms with van der Waals surface area (Å²) in [6.07, 6.45) is 0.542. The van der Waals surface area contributed by atoms with Gasteiger partial charge in [0.1, 0.15) is 16.1 Å². The molecule has 7 nitrogen and oxygen atoms in total. The van der Waals surface area contributed by atoms with Crippen LogP contribution in [0.25, 0.3) is 0 Å². The van der Waals surface area contributed by atoms with Gasteiger partial charge in [-0.15, -0.1) is 0 Å². The summed E-state index contributed by atoms with van der Waals surface area (Å²) in [4.78, 5) is 12.0. The molecule has 0 aliphatic carbocycles. The number of fused-ring (bicyclic) bond motifs is 1. The number of hydrogen-bond acceptors (Lipinski definition) is 5. The molecule has 150 valence electrons. The fraction of sp³-hybridized carbons (Fsp3) is 0.632. The predicted octanol–water partition coefficient (Wildman–Crippen LogP) is 2.24. The molecule has 1 aromatic rings. The van der Waals surface area contributed by atoms with Crippen molar-refractivity contribution in [2.75, 3.05) is 33.4 Å². The number of carbonyl (C=O) groups is 1. The van der Waals surface area contributed by atoms with Gasteiger partial charge in [-0.3, -0.25) is 4.79 Å². The fourth-order valence-corrected chi connectivity index (χ4v) is 5.95. The Morgan fingerprint density at radius 3 is 2.67 bits per heavy atom. The number of rotatable bonds is 5. The van der Waals surface area contributed by atoms with Gasteiger partial charge in [-0.25, -0.2) is 8.42 Å². The second-order valence-electron chi connectivity index (χ2n) is 7.81. The van der Waals surface area contributed by atoms with E-state index in [0.717, 1.165) is 11.1 Å². The first-order chi connectivity index (χ1) is 12.6. The molecule has 2 saturated heterocycles. The molecular formula is C19H27NO6S. The molecule has 0 spiro atoms. The molecule has 2 aliphatic heterocycles. The van der Waals surface area contributed by atoms with Crippen molar-refractivity contribution in [2.45, 2.75) is 38.0 Å². The Balaban J connectivity index is 2.05. The summed E-state index contributed by atoms with van der Waals surface area (Å²) in [7, 11) is -2.45. The van der Waals surface area contributed by atoms with Crippen LogP contribution in [0.15, 0.2) is 17.0 Å². The highest BCUT2D eigenvalue weighted by Crippen LogP contribution is 2.44. The van der Waals surface area contributed by atoms with Crippen molar-refractivity contribution in [3.8, 4) is 5.75 Å². The van der Waals surface area contributed by atoms with Gasteiger partial charge in [0.25, 0.3) is 0 Å². The van der Waals surface area contributed by atoms with Crippen molar-refractivity contribution in [3.63, 3.8) is 0 Å². The van der Waals surface area contributed by atoms with Crippen molar-refractivity contribution in [1.29, 1.82) is 0 Å². The fourth-order valence-electron chi connectivity index (χ4n) is 4.23. The molecule has 2 atom stereocenters. The molecule has 2 fully saturated rings. The number of aryl methyl sites for hydroxylation is 1. The lowest BCUT2D eigenvalue weighted by Crippen LogP contribution is -2.46. The summed E-state index contributed by atoms with van der Waals surface area (Å²) in [6, 6.07) is 3.40. The van der Waals surface area contributed by atoms with Gasteiger partial charge in [0, 0.05) is 19.7 Å². The Labute approximate surface area is 160 Å². The van der Waals surface area contributed by atoms with Gasteiger partial charge in [-0.1, -0.05) is 13.8 Å². The summed E-state index contributed by atoms with van der Waals surface area (Å²) >= 11 is 0. The molecule has 0 bridgehead atoms. The van der Waals surface area contributed by atoms with Crippen molar-refractivity contribution in [3.05, 3.63) is 23.3 Å². The third kappa shape index (κ3) is 3.23. The largest absolute Gasteiger partial charge is 0.495 e. The van der Waals surface area contributed by atoms with E-state index in [9.17, 15) is 18.3 Å². The van der Waals surface area contributed by atoms with Crippen molar-refractivity contribution >= 4 is 16.0 Å². The maximum atomic E-state index is 13.4. The molecule has 0 unspecified atom stereocenters. The van der Waals surface area contributed by atoms with Crippen LogP contribution in [0.3, 0.4) is 0 Å². The molecule has 27 heavy (non-hydrogen) atoms. The van der Waals surface area contributed by atoms with E-state index in [1.165, 1.54) is 11.4 Å². The smallest absolute Gasteiger partial charge is 0.313 e. The minimum absolute atomic E-state index is 0.0430. The van der Waals surface area contributed by atoms with E-state index in [0.29, 0.717) is 13.0 Å². The number of carboxylic acid groups (broad SMARTS) is 1. The topological polar surface area (TPSA) is 93.1 Å². The third-order valence-corrected chi connectivity index (χ3v) is 7.69. The minimum atomic E-state index is -3.89. The van der Waals surface area contributed by atoms with Gasteiger partial charge in [-0.05, 0) is 48.4 Å². The Bertz CT molecular complexity index is 850. The van der Waals surface area contributed by atoms with Crippen molar-refractivity contribution in [1.82, 2.24) is 4.31 Å². The Morgan fingerprint density at radius 2 is 2.11 bits per heavy atom. The molecule has 0 radical (unpaired) electrons. The molecule has 0 amide bonds. The van der Waals surface area contributed by atoms with Crippen LogP contribution in [0.2, 0.25) is 0 Å². The quantitative estimate of drug-likeness (QED) is 0.819.